The first kappa shape index (κ1) is 14.6. The van der Waals surface area contributed by atoms with Crippen molar-refractivity contribution >= 4 is 17.3 Å². The van der Waals surface area contributed by atoms with E-state index in [9.17, 15) is 10.1 Å². The van der Waals surface area contributed by atoms with E-state index < -0.39 is 5.97 Å². The molecule has 4 nitrogen and oxygen atoms in total. The van der Waals surface area contributed by atoms with Gasteiger partial charge >= 0.3 is 5.97 Å². The lowest BCUT2D eigenvalue weighted by molar-refractivity contribution is 0.0697. The number of anilines is 2. The molecule has 2 rings (SSSR count). The third-order valence-electron chi connectivity index (χ3n) is 3.32. The summed E-state index contributed by atoms with van der Waals surface area (Å²) in [5.41, 5.74) is 3.33. The molecule has 21 heavy (non-hydrogen) atoms. The van der Waals surface area contributed by atoms with Crippen LogP contribution in [0.15, 0.2) is 42.5 Å². The van der Waals surface area contributed by atoms with Crippen LogP contribution in [0, 0.1) is 18.3 Å². The smallest absolute Gasteiger partial charge is 0.335 e. The molecule has 0 aliphatic heterocycles. The third-order valence-corrected chi connectivity index (χ3v) is 3.32. The highest BCUT2D eigenvalue weighted by Gasteiger charge is 2.14. The molecule has 0 amide bonds. The molecule has 0 spiro atoms. The average molecular weight is 280 g/mol. The number of nitriles is 1. The van der Waals surface area contributed by atoms with Gasteiger partial charge in [-0.15, -0.1) is 0 Å². The molecule has 0 bridgehead atoms. The van der Waals surface area contributed by atoms with Gasteiger partial charge in [0.25, 0.3) is 0 Å². The van der Waals surface area contributed by atoms with Gasteiger partial charge in [0.05, 0.1) is 16.8 Å². The Hall–Kier alpha value is -2.80. The summed E-state index contributed by atoms with van der Waals surface area (Å²) in [7, 11) is 0. The van der Waals surface area contributed by atoms with Gasteiger partial charge in [-0.2, -0.15) is 5.26 Å². The van der Waals surface area contributed by atoms with Gasteiger partial charge in [-0.3, -0.25) is 0 Å². The van der Waals surface area contributed by atoms with Crippen LogP contribution in [0.2, 0.25) is 0 Å². The Balaban J connectivity index is 2.50. The SMILES string of the molecule is CCN(c1ccc(C)cc1)c1ccc(C(=O)O)cc1C#N. The number of carboxylic acids is 1. The Morgan fingerprint density at radius 3 is 2.43 bits per heavy atom. The van der Waals surface area contributed by atoms with Crippen molar-refractivity contribution in [3.63, 3.8) is 0 Å². The highest BCUT2D eigenvalue weighted by molar-refractivity contribution is 5.89. The van der Waals surface area contributed by atoms with Gasteiger partial charge in [-0.05, 0) is 44.2 Å². The Kier molecular flexibility index (Phi) is 4.24. The first-order chi connectivity index (χ1) is 10.1. The second kappa shape index (κ2) is 6.10. The number of benzene rings is 2. The van der Waals surface area contributed by atoms with Crippen molar-refractivity contribution in [3.05, 3.63) is 59.2 Å². The average Bonchev–Trinajstić information content (AvgIpc) is 2.50. The molecule has 0 atom stereocenters. The summed E-state index contributed by atoms with van der Waals surface area (Å²) in [5, 5.41) is 18.3. The third kappa shape index (κ3) is 3.03. The lowest BCUT2D eigenvalue weighted by atomic mass is 10.1. The molecule has 0 aliphatic carbocycles. The molecular weight excluding hydrogens is 264 g/mol. The number of carbonyl (C=O) groups is 1. The van der Waals surface area contributed by atoms with Crippen LogP contribution in [-0.4, -0.2) is 17.6 Å². The Labute approximate surface area is 123 Å². The Morgan fingerprint density at radius 2 is 1.90 bits per heavy atom. The second-order valence-corrected chi connectivity index (χ2v) is 4.73. The Bertz CT molecular complexity index is 700. The van der Waals surface area contributed by atoms with Crippen molar-refractivity contribution in [3.8, 4) is 6.07 Å². The van der Waals surface area contributed by atoms with Crippen LogP contribution in [0.5, 0.6) is 0 Å². The topological polar surface area (TPSA) is 64.3 Å². The fraction of sp³-hybridized carbons (Fsp3) is 0.176. The highest BCUT2D eigenvalue weighted by atomic mass is 16.4. The maximum atomic E-state index is 11.0. The summed E-state index contributed by atoms with van der Waals surface area (Å²) < 4.78 is 0. The van der Waals surface area contributed by atoms with E-state index >= 15 is 0 Å². The van der Waals surface area contributed by atoms with Crippen LogP contribution in [0.25, 0.3) is 0 Å². The van der Waals surface area contributed by atoms with Crippen LogP contribution < -0.4 is 4.90 Å². The van der Waals surface area contributed by atoms with E-state index in [1.54, 1.807) is 6.07 Å². The number of rotatable bonds is 4. The molecule has 0 saturated heterocycles. The van der Waals surface area contributed by atoms with E-state index in [2.05, 4.69) is 6.07 Å². The fourth-order valence-electron chi connectivity index (χ4n) is 2.21. The highest BCUT2D eigenvalue weighted by Crippen LogP contribution is 2.29. The first-order valence-corrected chi connectivity index (χ1v) is 6.68. The summed E-state index contributed by atoms with van der Waals surface area (Å²) in [6, 6.07) is 14.7. The number of nitrogens with zero attached hydrogens (tertiary/aromatic N) is 2. The van der Waals surface area contributed by atoms with Crippen molar-refractivity contribution in [2.24, 2.45) is 0 Å². The standard InChI is InChI=1S/C17H16N2O2/c1-3-19(15-7-4-12(2)5-8-15)16-9-6-13(17(20)21)10-14(16)11-18/h4-10H,3H2,1-2H3,(H,20,21). The van der Waals surface area contributed by atoms with Gasteiger partial charge in [-0.25, -0.2) is 4.79 Å². The molecule has 0 fully saturated rings. The molecule has 0 aliphatic rings. The van der Waals surface area contributed by atoms with Crippen molar-refractivity contribution in [1.82, 2.24) is 0 Å². The lowest BCUT2D eigenvalue weighted by Gasteiger charge is -2.24. The van der Waals surface area contributed by atoms with Crippen molar-refractivity contribution in [2.45, 2.75) is 13.8 Å². The number of carboxylic acid groups (broad SMARTS) is 1. The predicted octanol–water partition coefficient (Wildman–Crippen LogP) is 3.72. The molecule has 0 heterocycles. The quantitative estimate of drug-likeness (QED) is 0.927. The van der Waals surface area contributed by atoms with Gasteiger partial charge in [0.2, 0.25) is 0 Å². The van der Waals surface area contributed by atoms with Crippen LogP contribution in [0.4, 0.5) is 11.4 Å². The molecule has 106 valence electrons. The number of aromatic carboxylic acids is 1. The van der Waals surface area contributed by atoms with Crippen molar-refractivity contribution in [2.75, 3.05) is 11.4 Å². The summed E-state index contributed by atoms with van der Waals surface area (Å²) >= 11 is 0. The second-order valence-electron chi connectivity index (χ2n) is 4.73. The van der Waals surface area contributed by atoms with Gasteiger partial charge in [-0.1, -0.05) is 17.7 Å². The van der Waals surface area contributed by atoms with Crippen LogP contribution >= 0.6 is 0 Å². The summed E-state index contributed by atoms with van der Waals surface area (Å²) in [6.07, 6.45) is 0. The number of hydrogen-bond donors (Lipinski definition) is 1. The zero-order chi connectivity index (χ0) is 15.4. The van der Waals surface area contributed by atoms with E-state index in [1.165, 1.54) is 12.1 Å². The minimum absolute atomic E-state index is 0.121. The van der Waals surface area contributed by atoms with Gasteiger partial charge in [0.1, 0.15) is 6.07 Å². The maximum Gasteiger partial charge on any atom is 0.335 e. The molecule has 2 aromatic carbocycles. The zero-order valence-corrected chi connectivity index (χ0v) is 12.0. The number of hydrogen-bond acceptors (Lipinski definition) is 3. The van der Waals surface area contributed by atoms with E-state index in [4.69, 9.17) is 5.11 Å². The monoisotopic (exact) mass is 280 g/mol. The summed E-state index contributed by atoms with van der Waals surface area (Å²) in [5.74, 6) is -1.03. The molecule has 0 aromatic heterocycles. The molecule has 0 unspecified atom stereocenters. The molecule has 4 heteroatoms. The van der Waals surface area contributed by atoms with E-state index in [1.807, 2.05) is 43.0 Å². The molecule has 2 aromatic rings. The molecule has 0 saturated carbocycles. The van der Waals surface area contributed by atoms with Gasteiger partial charge < -0.3 is 10.0 Å². The maximum absolute atomic E-state index is 11.0. The van der Waals surface area contributed by atoms with Crippen LogP contribution in [0.3, 0.4) is 0 Å². The predicted molar refractivity (Wildman–Crippen MR) is 82.0 cm³/mol. The molecule has 1 N–H and O–H groups in total. The van der Waals surface area contributed by atoms with E-state index in [0.29, 0.717) is 17.8 Å². The zero-order valence-electron chi connectivity index (χ0n) is 12.0. The van der Waals surface area contributed by atoms with Crippen molar-refractivity contribution < 1.29 is 9.90 Å². The summed E-state index contributed by atoms with van der Waals surface area (Å²) in [4.78, 5) is 13.0. The largest absolute Gasteiger partial charge is 0.478 e. The van der Waals surface area contributed by atoms with Crippen LogP contribution in [-0.2, 0) is 0 Å². The Morgan fingerprint density at radius 1 is 1.24 bits per heavy atom. The normalized spacial score (nSPS) is 9.95. The van der Waals surface area contributed by atoms with Crippen LogP contribution in [0.1, 0.15) is 28.4 Å². The van der Waals surface area contributed by atoms with E-state index in [0.717, 1.165) is 11.3 Å². The minimum atomic E-state index is -1.03. The summed E-state index contributed by atoms with van der Waals surface area (Å²) in [6.45, 7) is 4.69. The molecule has 0 radical (unpaired) electrons. The minimum Gasteiger partial charge on any atom is -0.478 e. The van der Waals surface area contributed by atoms with Gasteiger partial charge in [0.15, 0.2) is 0 Å². The van der Waals surface area contributed by atoms with E-state index in [-0.39, 0.29) is 5.56 Å². The fourth-order valence-corrected chi connectivity index (χ4v) is 2.21. The van der Waals surface area contributed by atoms with Crippen molar-refractivity contribution in [1.29, 1.82) is 5.26 Å². The van der Waals surface area contributed by atoms with Gasteiger partial charge in [0, 0.05) is 12.2 Å². The lowest BCUT2D eigenvalue weighted by Crippen LogP contribution is -2.17. The first-order valence-electron chi connectivity index (χ1n) is 6.68. The molecular formula is C17H16N2O2. The number of aryl methyl sites for hydroxylation is 1.